The van der Waals surface area contributed by atoms with Crippen LogP contribution in [0, 0.1) is 5.92 Å². The largest absolute Gasteiger partial charge is 0.489 e. The standard InChI is InChI=1S/C33H35NO3/c1-26(24-34(2)3)33(30-19-11-6-12-20-30,23-27-14-7-4-8-15-27)37-32(35)29-18-13-21-31(22-29)36-25-28-16-9-5-10-17-28/h4-22,26H,23-25H2,1-3H3/t26-,33?/m0/s1. The van der Waals surface area contributed by atoms with Crippen molar-refractivity contribution < 1.29 is 14.3 Å². The van der Waals surface area contributed by atoms with E-state index in [1.807, 2.05) is 93.0 Å². The third-order valence-electron chi connectivity index (χ3n) is 6.60. The van der Waals surface area contributed by atoms with Gasteiger partial charge in [-0.2, -0.15) is 0 Å². The fourth-order valence-electron chi connectivity index (χ4n) is 4.75. The Balaban J connectivity index is 1.66. The summed E-state index contributed by atoms with van der Waals surface area (Å²) >= 11 is 0. The molecule has 0 spiro atoms. The predicted molar refractivity (Wildman–Crippen MR) is 149 cm³/mol. The van der Waals surface area contributed by atoms with E-state index in [9.17, 15) is 4.79 Å². The number of rotatable bonds is 11. The molecule has 4 nitrogen and oxygen atoms in total. The second-order valence-electron chi connectivity index (χ2n) is 9.77. The lowest BCUT2D eigenvalue weighted by atomic mass is 9.77. The Morgan fingerprint density at radius 2 is 1.38 bits per heavy atom. The van der Waals surface area contributed by atoms with Gasteiger partial charge in [-0.05, 0) is 49.0 Å². The van der Waals surface area contributed by atoms with Gasteiger partial charge in [-0.25, -0.2) is 4.79 Å². The average Bonchev–Trinajstić information content (AvgIpc) is 2.93. The lowest BCUT2D eigenvalue weighted by Gasteiger charge is -2.40. The number of hydrogen-bond acceptors (Lipinski definition) is 4. The molecule has 0 bridgehead atoms. The molecule has 0 amide bonds. The molecule has 0 aliphatic heterocycles. The first-order chi connectivity index (χ1) is 18.0. The fourth-order valence-corrected chi connectivity index (χ4v) is 4.75. The van der Waals surface area contributed by atoms with Crippen LogP contribution in [0.25, 0.3) is 0 Å². The summed E-state index contributed by atoms with van der Waals surface area (Å²) in [5, 5.41) is 0. The van der Waals surface area contributed by atoms with Crippen molar-refractivity contribution >= 4 is 5.97 Å². The van der Waals surface area contributed by atoms with Crippen LogP contribution in [0.5, 0.6) is 5.75 Å². The lowest BCUT2D eigenvalue weighted by Crippen LogP contribution is -2.45. The summed E-state index contributed by atoms with van der Waals surface area (Å²) in [6.07, 6.45) is 0.572. The van der Waals surface area contributed by atoms with Crippen molar-refractivity contribution in [3.63, 3.8) is 0 Å². The molecule has 0 saturated heterocycles. The van der Waals surface area contributed by atoms with E-state index in [1.54, 1.807) is 12.1 Å². The van der Waals surface area contributed by atoms with E-state index in [2.05, 4.69) is 36.1 Å². The van der Waals surface area contributed by atoms with Crippen molar-refractivity contribution in [1.29, 1.82) is 0 Å². The molecule has 4 heteroatoms. The minimum absolute atomic E-state index is 0.0200. The molecule has 37 heavy (non-hydrogen) atoms. The van der Waals surface area contributed by atoms with E-state index in [-0.39, 0.29) is 11.9 Å². The Morgan fingerprint density at radius 1 is 0.784 bits per heavy atom. The highest BCUT2D eigenvalue weighted by molar-refractivity contribution is 5.90. The maximum absolute atomic E-state index is 13.7. The van der Waals surface area contributed by atoms with Crippen molar-refractivity contribution in [2.24, 2.45) is 5.92 Å². The Labute approximate surface area is 220 Å². The maximum atomic E-state index is 13.7. The molecule has 4 aromatic carbocycles. The van der Waals surface area contributed by atoms with Gasteiger partial charge in [0, 0.05) is 18.9 Å². The SMILES string of the molecule is C[C@@H](CN(C)C)C(Cc1ccccc1)(OC(=O)c1cccc(OCc2ccccc2)c1)c1ccccc1. The number of nitrogens with zero attached hydrogens (tertiary/aromatic N) is 1. The molecule has 4 rings (SSSR count). The van der Waals surface area contributed by atoms with Gasteiger partial charge in [0.1, 0.15) is 18.0 Å². The maximum Gasteiger partial charge on any atom is 0.339 e. The van der Waals surface area contributed by atoms with E-state index < -0.39 is 5.60 Å². The molecule has 0 radical (unpaired) electrons. The van der Waals surface area contributed by atoms with Crippen LogP contribution in [-0.4, -0.2) is 31.5 Å². The third-order valence-corrected chi connectivity index (χ3v) is 6.60. The minimum atomic E-state index is -0.856. The van der Waals surface area contributed by atoms with Crippen LogP contribution in [-0.2, 0) is 23.4 Å². The third kappa shape index (κ3) is 6.87. The van der Waals surface area contributed by atoms with E-state index in [0.717, 1.165) is 23.2 Å². The summed E-state index contributed by atoms with van der Waals surface area (Å²) in [5.74, 6) is 0.287. The zero-order valence-electron chi connectivity index (χ0n) is 21.8. The highest BCUT2D eigenvalue weighted by Crippen LogP contribution is 2.39. The van der Waals surface area contributed by atoms with Gasteiger partial charge in [-0.3, -0.25) is 0 Å². The van der Waals surface area contributed by atoms with E-state index in [0.29, 0.717) is 24.3 Å². The highest BCUT2D eigenvalue weighted by atomic mass is 16.6. The van der Waals surface area contributed by atoms with Gasteiger partial charge in [-0.1, -0.05) is 104 Å². The molecule has 0 aromatic heterocycles. The van der Waals surface area contributed by atoms with Crippen LogP contribution in [0.4, 0.5) is 0 Å². The first kappa shape index (κ1) is 26.2. The Bertz CT molecular complexity index is 1260. The first-order valence-corrected chi connectivity index (χ1v) is 12.7. The van der Waals surface area contributed by atoms with Crippen molar-refractivity contribution in [2.75, 3.05) is 20.6 Å². The second-order valence-corrected chi connectivity index (χ2v) is 9.77. The molecule has 0 aliphatic rings. The molecule has 2 atom stereocenters. The molecule has 0 fully saturated rings. The normalized spacial score (nSPS) is 13.5. The van der Waals surface area contributed by atoms with Gasteiger partial charge in [-0.15, -0.1) is 0 Å². The van der Waals surface area contributed by atoms with Crippen molar-refractivity contribution in [2.45, 2.75) is 25.6 Å². The number of benzene rings is 4. The van der Waals surface area contributed by atoms with Gasteiger partial charge in [0.05, 0.1) is 5.56 Å². The smallest absolute Gasteiger partial charge is 0.339 e. The van der Waals surface area contributed by atoms with E-state index >= 15 is 0 Å². The van der Waals surface area contributed by atoms with Gasteiger partial charge >= 0.3 is 5.97 Å². The summed E-state index contributed by atoms with van der Waals surface area (Å²) in [6, 6.07) is 37.6. The predicted octanol–water partition coefficient (Wildman–Crippen LogP) is 6.76. The summed E-state index contributed by atoms with van der Waals surface area (Å²) in [4.78, 5) is 15.9. The van der Waals surface area contributed by atoms with E-state index in [1.165, 1.54) is 0 Å². The summed E-state index contributed by atoms with van der Waals surface area (Å²) in [7, 11) is 4.09. The van der Waals surface area contributed by atoms with Crippen molar-refractivity contribution in [3.8, 4) is 5.75 Å². The number of esters is 1. The molecule has 0 heterocycles. The number of ether oxygens (including phenoxy) is 2. The number of carbonyl (C=O) groups is 1. The van der Waals surface area contributed by atoms with Crippen LogP contribution in [0.1, 0.15) is 34.0 Å². The zero-order chi connectivity index (χ0) is 26.1. The molecule has 1 unspecified atom stereocenters. The average molecular weight is 494 g/mol. The molecule has 0 N–H and O–H groups in total. The Hall–Kier alpha value is -3.89. The number of hydrogen-bond donors (Lipinski definition) is 0. The van der Waals surface area contributed by atoms with Crippen molar-refractivity contribution in [1.82, 2.24) is 4.90 Å². The summed E-state index contributed by atoms with van der Waals surface area (Å²) < 4.78 is 12.6. The molecule has 0 aliphatic carbocycles. The van der Waals surface area contributed by atoms with Gasteiger partial charge < -0.3 is 14.4 Å². The van der Waals surface area contributed by atoms with Crippen LogP contribution >= 0.6 is 0 Å². The molecular weight excluding hydrogens is 458 g/mol. The quantitative estimate of drug-likeness (QED) is 0.216. The van der Waals surface area contributed by atoms with Crippen LogP contribution in [0.2, 0.25) is 0 Å². The van der Waals surface area contributed by atoms with Gasteiger partial charge in [0.25, 0.3) is 0 Å². The molecule has 0 saturated carbocycles. The van der Waals surface area contributed by atoms with Crippen LogP contribution < -0.4 is 4.74 Å². The Morgan fingerprint density at radius 3 is 2.00 bits per heavy atom. The number of carbonyl (C=O) groups excluding carboxylic acids is 1. The second kappa shape index (κ2) is 12.4. The monoisotopic (exact) mass is 493 g/mol. The van der Waals surface area contributed by atoms with Gasteiger partial charge in [0.15, 0.2) is 0 Å². The van der Waals surface area contributed by atoms with E-state index in [4.69, 9.17) is 9.47 Å². The summed E-state index contributed by atoms with van der Waals surface area (Å²) in [6.45, 7) is 3.35. The molecular formula is C33H35NO3. The Kier molecular flexibility index (Phi) is 8.76. The zero-order valence-corrected chi connectivity index (χ0v) is 21.8. The first-order valence-electron chi connectivity index (χ1n) is 12.7. The highest BCUT2D eigenvalue weighted by Gasteiger charge is 2.42. The topological polar surface area (TPSA) is 38.8 Å². The fraction of sp³-hybridized carbons (Fsp3) is 0.242. The van der Waals surface area contributed by atoms with Crippen LogP contribution in [0.3, 0.4) is 0 Å². The molecule has 190 valence electrons. The van der Waals surface area contributed by atoms with Crippen molar-refractivity contribution in [3.05, 3.63) is 138 Å². The minimum Gasteiger partial charge on any atom is -0.489 e. The molecule has 4 aromatic rings. The lowest BCUT2D eigenvalue weighted by molar-refractivity contribution is -0.0572. The summed E-state index contributed by atoms with van der Waals surface area (Å²) in [5.41, 5.74) is 2.78. The van der Waals surface area contributed by atoms with Crippen LogP contribution in [0.15, 0.2) is 115 Å². The van der Waals surface area contributed by atoms with Gasteiger partial charge in [0.2, 0.25) is 0 Å².